The molecule has 16 heavy (non-hydrogen) atoms. The molecular weight excluding hydrogens is 226 g/mol. The molecule has 1 saturated heterocycles. The van der Waals surface area contributed by atoms with Gasteiger partial charge < -0.3 is 0 Å². The van der Waals surface area contributed by atoms with E-state index in [-0.39, 0.29) is 6.04 Å². The molecule has 1 atom stereocenters. The van der Waals surface area contributed by atoms with Crippen LogP contribution < -0.4 is 0 Å². The van der Waals surface area contributed by atoms with Gasteiger partial charge in [-0.15, -0.1) is 0 Å². The first kappa shape index (κ1) is 11.6. The Hall–Kier alpha value is -0.880. The minimum Gasteiger partial charge on any atom is -0.281 e. The minimum absolute atomic E-state index is 0.152. The number of hydrogen-bond acceptors (Lipinski definition) is 3. The van der Waals surface area contributed by atoms with Gasteiger partial charge in [0.05, 0.1) is 11.9 Å². The van der Waals surface area contributed by atoms with Crippen molar-refractivity contribution < 1.29 is 8.42 Å². The Balaban J connectivity index is 2.36. The van der Waals surface area contributed by atoms with Gasteiger partial charge in [0, 0.05) is 12.6 Å². The number of nitrogens with one attached hydrogen (secondary N) is 1. The summed E-state index contributed by atoms with van der Waals surface area (Å²) < 4.78 is 26.3. The van der Waals surface area contributed by atoms with Gasteiger partial charge in [0.2, 0.25) is 10.0 Å². The molecular formula is C10H17N3O2S. The molecule has 1 aliphatic heterocycles. The first-order valence-electron chi connectivity index (χ1n) is 5.59. The summed E-state index contributed by atoms with van der Waals surface area (Å²) in [4.78, 5) is 0.313. The summed E-state index contributed by atoms with van der Waals surface area (Å²) in [6.07, 6.45) is 4.19. The molecule has 0 amide bonds. The van der Waals surface area contributed by atoms with E-state index in [1.165, 1.54) is 6.20 Å². The van der Waals surface area contributed by atoms with E-state index in [0.717, 1.165) is 19.3 Å². The van der Waals surface area contributed by atoms with Crippen LogP contribution in [0.1, 0.15) is 31.9 Å². The van der Waals surface area contributed by atoms with Gasteiger partial charge in [0.25, 0.3) is 0 Å². The Morgan fingerprint density at radius 1 is 1.62 bits per heavy atom. The van der Waals surface area contributed by atoms with E-state index in [1.807, 2.05) is 6.92 Å². The highest BCUT2D eigenvalue weighted by Gasteiger charge is 2.35. The van der Waals surface area contributed by atoms with Crippen LogP contribution in [0, 0.1) is 6.92 Å². The Morgan fingerprint density at radius 2 is 2.38 bits per heavy atom. The highest BCUT2D eigenvalue weighted by atomic mass is 32.2. The molecule has 0 aliphatic carbocycles. The molecule has 5 nitrogen and oxygen atoms in total. The lowest BCUT2D eigenvalue weighted by molar-refractivity contribution is 0.379. The van der Waals surface area contributed by atoms with Crippen molar-refractivity contribution in [2.45, 2.75) is 44.0 Å². The maximum Gasteiger partial charge on any atom is 0.246 e. The van der Waals surface area contributed by atoms with Crippen molar-refractivity contribution in [3.05, 3.63) is 11.9 Å². The molecule has 1 aromatic heterocycles. The fourth-order valence-corrected chi connectivity index (χ4v) is 4.15. The van der Waals surface area contributed by atoms with Gasteiger partial charge in [-0.3, -0.25) is 5.10 Å². The lowest BCUT2D eigenvalue weighted by Gasteiger charge is -2.22. The maximum atomic E-state index is 12.4. The van der Waals surface area contributed by atoms with E-state index in [4.69, 9.17) is 0 Å². The lowest BCUT2D eigenvalue weighted by Crippen LogP contribution is -2.35. The van der Waals surface area contributed by atoms with Gasteiger partial charge in [-0.1, -0.05) is 6.92 Å². The summed E-state index contributed by atoms with van der Waals surface area (Å²) in [7, 11) is -3.35. The third-order valence-electron chi connectivity index (χ3n) is 3.16. The van der Waals surface area contributed by atoms with Crippen molar-refractivity contribution >= 4 is 10.0 Å². The summed E-state index contributed by atoms with van der Waals surface area (Å²) in [5, 5.41) is 6.45. The molecule has 90 valence electrons. The summed E-state index contributed by atoms with van der Waals surface area (Å²) in [5.41, 5.74) is 0.613. The van der Waals surface area contributed by atoms with Crippen LogP contribution in [0.3, 0.4) is 0 Å². The van der Waals surface area contributed by atoms with Crippen molar-refractivity contribution in [2.75, 3.05) is 6.54 Å². The van der Waals surface area contributed by atoms with Crippen molar-refractivity contribution in [3.63, 3.8) is 0 Å². The molecule has 1 unspecified atom stereocenters. The molecule has 0 saturated carbocycles. The second-order valence-corrected chi connectivity index (χ2v) is 6.04. The summed E-state index contributed by atoms with van der Waals surface area (Å²) in [5.74, 6) is 0. The van der Waals surface area contributed by atoms with Crippen molar-refractivity contribution in [1.29, 1.82) is 0 Å². The first-order valence-corrected chi connectivity index (χ1v) is 7.03. The third-order valence-corrected chi connectivity index (χ3v) is 5.23. The van der Waals surface area contributed by atoms with Crippen LogP contribution in [0.5, 0.6) is 0 Å². The van der Waals surface area contributed by atoms with Crippen molar-refractivity contribution in [2.24, 2.45) is 0 Å². The molecule has 2 rings (SSSR count). The average molecular weight is 243 g/mol. The lowest BCUT2D eigenvalue weighted by atomic mass is 10.2. The number of aryl methyl sites for hydroxylation is 1. The number of hydrogen-bond donors (Lipinski definition) is 1. The standard InChI is InChI=1S/C10H17N3O2S/c1-3-9-5-4-6-13(9)16(14,15)10-7-11-12-8(10)2/h7,9H,3-6H2,1-2H3,(H,11,12). The number of H-pyrrole nitrogens is 1. The average Bonchev–Trinajstić information content (AvgIpc) is 2.85. The SMILES string of the molecule is CCC1CCCN1S(=O)(=O)c1cn[nH]c1C. The van der Waals surface area contributed by atoms with Crippen LogP contribution in [0.4, 0.5) is 0 Å². The van der Waals surface area contributed by atoms with Crippen molar-refractivity contribution in [1.82, 2.24) is 14.5 Å². The monoisotopic (exact) mass is 243 g/mol. The quantitative estimate of drug-likeness (QED) is 0.869. The first-order chi connectivity index (χ1) is 7.57. The number of aromatic amines is 1. The molecule has 0 spiro atoms. The van der Waals surface area contributed by atoms with E-state index < -0.39 is 10.0 Å². The molecule has 1 aliphatic rings. The Bertz CT molecular complexity index is 466. The fraction of sp³-hybridized carbons (Fsp3) is 0.700. The van der Waals surface area contributed by atoms with Gasteiger partial charge >= 0.3 is 0 Å². The second-order valence-electron chi connectivity index (χ2n) is 4.18. The van der Waals surface area contributed by atoms with Crippen LogP contribution in [-0.2, 0) is 10.0 Å². The van der Waals surface area contributed by atoms with E-state index in [0.29, 0.717) is 17.1 Å². The number of aromatic nitrogens is 2. The number of sulfonamides is 1. The van der Waals surface area contributed by atoms with Gasteiger partial charge in [0.15, 0.2) is 0 Å². The van der Waals surface area contributed by atoms with Gasteiger partial charge in [0.1, 0.15) is 4.90 Å². The number of rotatable bonds is 3. The van der Waals surface area contributed by atoms with Gasteiger partial charge in [-0.05, 0) is 26.2 Å². The molecule has 0 bridgehead atoms. The zero-order chi connectivity index (χ0) is 11.8. The van der Waals surface area contributed by atoms with Crippen LogP contribution in [0.25, 0.3) is 0 Å². The van der Waals surface area contributed by atoms with Crippen LogP contribution >= 0.6 is 0 Å². The highest BCUT2D eigenvalue weighted by Crippen LogP contribution is 2.28. The van der Waals surface area contributed by atoms with Crippen molar-refractivity contribution in [3.8, 4) is 0 Å². The highest BCUT2D eigenvalue weighted by molar-refractivity contribution is 7.89. The Kier molecular flexibility index (Phi) is 3.03. The third kappa shape index (κ3) is 1.76. The number of nitrogens with zero attached hydrogens (tertiary/aromatic N) is 2. The minimum atomic E-state index is -3.35. The van der Waals surface area contributed by atoms with Crippen LogP contribution in [0.2, 0.25) is 0 Å². The molecule has 1 N–H and O–H groups in total. The smallest absolute Gasteiger partial charge is 0.246 e. The molecule has 1 fully saturated rings. The van der Waals surface area contributed by atoms with Gasteiger partial charge in [-0.25, -0.2) is 8.42 Å². The molecule has 1 aromatic rings. The Morgan fingerprint density at radius 3 is 2.94 bits per heavy atom. The summed E-state index contributed by atoms with van der Waals surface area (Å²) >= 11 is 0. The molecule has 6 heteroatoms. The fourth-order valence-electron chi connectivity index (χ4n) is 2.26. The maximum absolute atomic E-state index is 12.4. The van der Waals surface area contributed by atoms with Gasteiger partial charge in [-0.2, -0.15) is 9.40 Å². The normalized spacial score (nSPS) is 22.8. The predicted octanol–water partition coefficient (Wildman–Crippen LogP) is 1.28. The largest absolute Gasteiger partial charge is 0.281 e. The van der Waals surface area contributed by atoms with E-state index in [9.17, 15) is 8.42 Å². The predicted molar refractivity (Wildman–Crippen MR) is 60.5 cm³/mol. The van der Waals surface area contributed by atoms with E-state index in [2.05, 4.69) is 10.2 Å². The van der Waals surface area contributed by atoms with E-state index >= 15 is 0 Å². The van der Waals surface area contributed by atoms with Crippen LogP contribution in [-0.4, -0.2) is 35.5 Å². The zero-order valence-corrected chi connectivity index (χ0v) is 10.4. The second kappa shape index (κ2) is 4.18. The molecule has 0 aromatic carbocycles. The summed E-state index contributed by atoms with van der Waals surface area (Å²) in [6, 6.07) is 0.152. The van der Waals surface area contributed by atoms with Crippen LogP contribution in [0.15, 0.2) is 11.1 Å². The molecule has 2 heterocycles. The topological polar surface area (TPSA) is 66.1 Å². The van der Waals surface area contributed by atoms with E-state index in [1.54, 1.807) is 11.2 Å². The molecule has 0 radical (unpaired) electrons. The zero-order valence-electron chi connectivity index (χ0n) is 9.60. The summed E-state index contributed by atoms with van der Waals surface area (Å²) in [6.45, 7) is 4.39. The Labute approximate surface area is 95.9 Å².